The van der Waals surface area contributed by atoms with Crippen LogP contribution in [-0.2, 0) is 9.59 Å². The van der Waals surface area contributed by atoms with Gasteiger partial charge in [0.25, 0.3) is 17.5 Å². The Morgan fingerprint density at radius 2 is 1.87 bits per heavy atom. The lowest BCUT2D eigenvalue weighted by molar-refractivity contribution is -0.384. The molecule has 0 unspecified atom stereocenters. The number of nitro benzene ring substituents is 1. The van der Waals surface area contributed by atoms with Crippen LogP contribution >= 0.6 is 11.6 Å². The molecule has 0 spiro atoms. The van der Waals surface area contributed by atoms with Crippen LogP contribution in [0.5, 0.6) is 0 Å². The molecule has 0 aliphatic heterocycles. The molecule has 156 valence electrons. The summed E-state index contributed by atoms with van der Waals surface area (Å²) in [7, 11) is 0. The van der Waals surface area contributed by atoms with Gasteiger partial charge in [-0.15, -0.1) is 0 Å². The van der Waals surface area contributed by atoms with E-state index in [4.69, 9.17) is 16.7 Å². The summed E-state index contributed by atoms with van der Waals surface area (Å²) in [4.78, 5) is 46.1. The Hall–Kier alpha value is -3.72. The fraction of sp³-hybridized carbons (Fsp3) is 0.150. The smallest absolute Gasteiger partial charge is 0.303 e. The largest absolute Gasteiger partial charge is 0.481 e. The van der Waals surface area contributed by atoms with Gasteiger partial charge in [0, 0.05) is 25.1 Å². The van der Waals surface area contributed by atoms with Crippen molar-refractivity contribution in [1.29, 1.82) is 0 Å². The Morgan fingerprint density at radius 1 is 1.13 bits per heavy atom. The highest BCUT2D eigenvalue weighted by molar-refractivity contribution is 6.34. The van der Waals surface area contributed by atoms with Crippen LogP contribution in [0.15, 0.2) is 54.2 Å². The van der Waals surface area contributed by atoms with Crippen molar-refractivity contribution in [3.05, 3.63) is 80.5 Å². The average molecular weight is 432 g/mol. The van der Waals surface area contributed by atoms with Crippen molar-refractivity contribution in [2.45, 2.75) is 12.8 Å². The summed E-state index contributed by atoms with van der Waals surface area (Å²) >= 11 is 6.02. The molecule has 10 heteroatoms. The van der Waals surface area contributed by atoms with E-state index >= 15 is 0 Å². The monoisotopic (exact) mass is 431 g/mol. The summed E-state index contributed by atoms with van der Waals surface area (Å²) in [6, 6.07) is 11.8. The average Bonchev–Trinajstić information content (AvgIpc) is 2.70. The zero-order valence-electron chi connectivity index (χ0n) is 15.6. The predicted molar refractivity (Wildman–Crippen MR) is 110 cm³/mol. The minimum Gasteiger partial charge on any atom is -0.481 e. The molecule has 0 atom stereocenters. The minimum atomic E-state index is -0.997. The van der Waals surface area contributed by atoms with Crippen molar-refractivity contribution in [3.8, 4) is 0 Å². The number of hydrogen-bond donors (Lipinski definition) is 3. The number of halogens is 1. The number of nitrogens with one attached hydrogen (secondary N) is 2. The lowest BCUT2D eigenvalue weighted by Crippen LogP contribution is -2.35. The maximum atomic E-state index is 12.6. The van der Waals surface area contributed by atoms with Crippen LogP contribution in [0.1, 0.15) is 28.8 Å². The zero-order chi connectivity index (χ0) is 22.1. The van der Waals surface area contributed by atoms with Gasteiger partial charge in [0.2, 0.25) is 0 Å². The minimum absolute atomic E-state index is 0.0688. The molecule has 30 heavy (non-hydrogen) atoms. The molecule has 2 aromatic carbocycles. The number of carbonyl (C=O) groups excluding carboxylic acids is 2. The third kappa shape index (κ3) is 6.71. The van der Waals surface area contributed by atoms with Gasteiger partial charge in [0.05, 0.1) is 15.5 Å². The van der Waals surface area contributed by atoms with Crippen molar-refractivity contribution in [1.82, 2.24) is 10.6 Å². The van der Waals surface area contributed by atoms with E-state index in [0.717, 1.165) is 0 Å². The molecule has 0 saturated heterocycles. The summed E-state index contributed by atoms with van der Waals surface area (Å²) in [5, 5.41) is 24.8. The van der Waals surface area contributed by atoms with E-state index in [-0.39, 0.29) is 41.4 Å². The lowest BCUT2D eigenvalue weighted by Gasteiger charge is -2.12. The summed E-state index contributed by atoms with van der Waals surface area (Å²) in [6.45, 7) is 0.0688. The fourth-order valence-electron chi connectivity index (χ4n) is 2.42. The number of carboxylic acids is 1. The molecule has 0 saturated carbocycles. The van der Waals surface area contributed by atoms with Gasteiger partial charge in [0.1, 0.15) is 5.70 Å². The second kappa shape index (κ2) is 10.7. The number of benzene rings is 2. The number of aliphatic carboxylic acids is 1. The van der Waals surface area contributed by atoms with Crippen molar-refractivity contribution in [2.75, 3.05) is 6.54 Å². The third-order valence-corrected chi connectivity index (χ3v) is 4.19. The maximum absolute atomic E-state index is 12.6. The summed E-state index contributed by atoms with van der Waals surface area (Å²) < 4.78 is 0. The molecule has 0 bridgehead atoms. The van der Waals surface area contributed by atoms with Crippen LogP contribution in [0.2, 0.25) is 5.02 Å². The van der Waals surface area contributed by atoms with Gasteiger partial charge in [-0.05, 0) is 30.2 Å². The number of nitro groups is 1. The van der Waals surface area contributed by atoms with Crippen LogP contribution in [0, 0.1) is 10.1 Å². The molecule has 2 amide bonds. The predicted octanol–water partition coefficient (Wildman–Crippen LogP) is 3.00. The molecule has 9 nitrogen and oxygen atoms in total. The molecular weight excluding hydrogens is 414 g/mol. The van der Waals surface area contributed by atoms with Crippen LogP contribution in [0.3, 0.4) is 0 Å². The first-order valence-corrected chi connectivity index (χ1v) is 9.17. The van der Waals surface area contributed by atoms with Crippen LogP contribution in [-0.4, -0.2) is 34.4 Å². The van der Waals surface area contributed by atoms with Gasteiger partial charge in [-0.1, -0.05) is 35.9 Å². The Bertz CT molecular complexity index is 1010. The highest BCUT2D eigenvalue weighted by Crippen LogP contribution is 2.17. The van der Waals surface area contributed by atoms with E-state index in [1.54, 1.807) is 12.1 Å². The number of carbonyl (C=O) groups is 3. The zero-order valence-corrected chi connectivity index (χ0v) is 16.4. The standard InChI is InChI=1S/C20H18ClN3O6/c21-16-8-2-1-7-15(16)19(27)23-17(20(28)22-10-4-9-18(25)26)12-13-5-3-6-14(11-13)24(29)30/h1-3,5-8,11-12H,4,9-10H2,(H,22,28)(H,23,27)(H,25,26)/b17-12+. The maximum Gasteiger partial charge on any atom is 0.303 e. The number of non-ortho nitro benzene ring substituents is 1. The molecule has 0 heterocycles. The van der Waals surface area contributed by atoms with Gasteiger partial charge in [-0.3, -0.25) is 24.5 Å². The first-order chi connectivity index (χ1) is 14.3. The van der Waals surface area contributed by atoms with Gasteiger partial charge < -0.3 is 15.7 Å². The molecule has 0 fully saturated rings. The Kier molecular flexibility index (Phi) is 8.07. The van der Waals surface area contributed by atoms with Crippen LogP contribution in [0.25, 0.3) is 6.08 Å². The van der Waals surface area contributed by atoms with Crippen LogP contribution < -0.4 is 10.6 Å². The molecule has 0 radical (unpaired) electrons. The number of nitrogens with zero attached hydrogens (tertiary/aromatic N) is 1. The van der Waals surface area contributed by atoms with Gasteiger partial charge in [-0.2, -0.15) is 0 Å². The number of rotatable bonds is 9. The molecule has 0 aliphatic carbocycles. The Balaban J connectivity index is 2.27. The Morgan fingerprint density at radius 3 is 2.53 bits per heavy atom. The van der Waals surface area contributed by atoms with Crippen molar-refractivity contribution >= 4 is 41.1 Å². The van der Waals surface area contributed by atoms with E-state index < -0.39 is 22.7 Å². The van der Waals surface area contributed by atoms with Gasteiger partial charge in [0.15, 0.2) is 0 Å². The summed E-state index contributed by atoms with van der Waals surface area (Å²) in [6.07, 6.45) is 1.36. The summed E-state index contributed by atoms with van der Waals surface area (Å²) in [5.41, 5.74) is 0.111. The van der Waals surface area contributed by atoms with E-state index in [1.165, 1.54) is 42.5 Å². The fourth-order valence-corrected chi connectivity index (χ4v) is 2.65. The quantitative estimate of drug-likeness (QED) is 0.241. The van der Waals surface area contributed by atoms with E-state index in [0.29, 0.717) is 5.56 Å². The molecular formula is C20H18ClN3O6. The topological polar surface area (TPSA) is 139 Å². The van der Waals surface area contributed by atoms with Crippen molar-refractivity contribution < 1.29 is 24.4 Å². The van der Waals surface area contributed by atoms with Gasteiger partial charge in [-0.25, -0.2) is 0 Å². The van der Waals surface area contributed by atoms with Crippen molar-refractivity contribution in [3.63, 3.8) is 0 Å². The number of carboxylic acid groups (broad SMARTS) is 1. The second-order valence-electron chi connectivity index (χ2n) is 6.10. The van der Waals surface area contributed by atoms with E-state index in [9.17, 15) is 24.5 Å². The molecule has 3 N–H and O–H groups in total. The lowest BCUT2D eigenvalue weighted by atomic mass is 10.1. The first-order valence-electron chi connectivity index (χ1n) is 8.80. The molecule has 0 aromatic heterocycles. The first kappa shape index (κ1) is 22.6. The van der Waals surface area contributed by atoms with E-state index in [1.807, 2.05) is 0 Å². The third-order valence-electron chi connectivity index (χ3n) is 3.86. The SMILES string of the molecule is O=C(O)CCCNC(=O)/C(=C\c1cccc([N+](=O)[O-])c1)NC(=O)c1ccccc1Cl. The van der Waals surface area contributed by atoms with Crippen molar-refractivity contribution in [2.24, 2.45) is 0 Å². The highest BCUT2D eigenvalue weighted by atomic mass is 35.5. The second-order valence-corrected chi connectivity index (χ2v) is 6.50. The van der Waals surface area contributed by atoms with E-state index in [2.05, 4.69) is 10.6 Å². The Labute approximate surface area is 176 Å². The summed E-state index contributed by atoms with van der Waals surface area (Å²) in [5.74, 6) is -2.31. The molecule has 2 rings (SSSR count). The molecule has 0 aliphatic rings. The van der Waals surface area contributed by atoms with Crippen LogP contribution in [0.4, 0.5) is 5.69 Å². The normalized spacial score (nSPS) is 10.9. The highest BCUT2D eigenvalue weighted by Gasteiger charge is 2.17. The number of hydrogen-bond acceptors (Lipinski definition) is 5. The number of amides is 2. The molecule has 2 aromatic rings. The van der Waals surface area contributed by atoms with Gasteiger partial charge >= 0.3 is 5.97 Å².